The quantitative estimate of drug-likeness (QED) is 0.129. The highest BCUT2D eigenvalue weighted by atomic mass is 19.4. The van der Waals surface area contributed by atoms with Gasteiger partial charge in [-0.05, 0) is 30.5 Å². The monoisotopic (exact) mass is 702 g/mol. The van der Waals surface area contributed by atoms with Crippen LogP contribution in [0.25, 0.3) is 11.4 Å². The molecule has 2 aromatic rings. The molecular formula is C26H23F17N2O. The van der Waals surface area contributed by atoms with Gasteiger partial charge in [-0.25, -0.2) is 9.97 Å². The molecule has 1 heterocycles. The van der Waals surface area contributed by atoms with E-state index in [4.69, 9.17) is 0 Å². The van der Waals surface area contributed by atoms with E-state index in [1.165, 1.54) is 0 Å². The molecule has 0 aliphatic carbocycles. The zero-order valence-electron chi connectivity index (χ0n) is 23.1. The van der Waals surface area contributed by atoms with E-state index >= 15 is 0 Å². The van der Waals surface area contributed by atoms with Gasteiger partial charge in [-0.1, -0.05) is 51.2 Å². The minimum absolute atomic E-state index is 0.343. The lowest BCUT2D eigenvalue weighted by molar-refractivity contribution is -0.471. The lowest BCUT2D eigenvalue weighted by Gasteiger charge is -2.42. The molecule has 3 nitrogen and oxygen atoms in total. The summed E-state index contributed by atoms with van der Waals surface area (Å²) in [6.45, 7) is 2.02. The molecule has 0 N–H and O–H groups in total. The Morgan fingerprint density at radius 2 is 0.978 bits per heavy atom. The largest absolute Gasteiger partial charge is 0.471 e. The van der Waals surface area contributed by atoms with Crippen molar-refractivity contribution in [1.29, 1.82) is 0 Å². The van der Waals surface area contributed by atoms with Gasteiger partial charge in [0.05, 0.1) is 5.56 Å². The average molecular weight is 702 g/mol. The fourth-order valence-electron chi connectivity index (χ4n) is 3.82. The summed E-state index contributed by atoms with van der Waals surface area (Å²) in [5.74, 6) is -52.8. The third-order valence-corrected chi connectivity index (χ3v) is 6.58. The summed E-state index contributed by atoms with van der Waals surface area (Å²) in [7, 11) is 0. The van der Waals surface area contributed by atoms with Gasteiger partial charge in [0, 0.05) is 12.4 Å². The Balaban J connectivity index is 2.41. The predicted octanol–water partition coefficient (Wildman–Crippen LogP) is 10.4. The molecule has 46 heavy (non-hydrogen) atoms. The summed E-state index contributed by atoms with van der Waals surface area (Å²) in [5.41, 5.74) is -0.286. The van der Waals surface area contributed by atoms with Gasteiger partial charge < -0.3 is 4.74 Å². The first-order valence-electron chi connectivity index (χ1n) is 13.0. The van der Waals surface area contributed by atoms with Crippen LogP contribution in [0.1, 0.15) is 51.0 Å². The second kappa shape index (κ2) is 13.2. The molecule has 0 saturated carbocycles. The second-order valence-corrected chi connectivity index (χ2v) is 9.99. The molecule has 0 spiro atoms. The van der Waals surface area contributed by atoms with Crippen molar-refractivity contribution in [1.82, 2.24) is 9.97 Å². The Morgan fingerprint density at radius 1 is 0.543 bits per heavy atom. The highest BCUT2D eigenvalue weighted by molar-refractivity contribution is 5.63. The molecule has 0 atom stereocenters. The third-order valence-electron chi connectivity index (χ3n) is 6.58. The van der Waals surface area contributed by atoms with Crippen LogP contribution < -0.4 is 4.74 Å². The molecule has 0 unspecified atom stereocenters. The predicted molar refractivity (Wildman–Crippen MR) is 126 cm³/mol. The van der Waals surface area contributed by atoms with Crippen LogP contribution in [0.3, 0.4) is 0 Å². The number of benzene rings is 1. The number of aryl methyl sites for hydroxylation is 1. The minimum atomic E-state index is -8.72. The zero-order chi connectivity index (χ0) is 35.6. The molecule has 0 fully saturated rings. The second-order valence-electron chi connectivity index (χ2n) is 9.99. The Morgan fingerprint density at radius 3 is 1.48 bits per heavy atom. The van der Waals surface area contributed by atoms with Crippen molar-refractivity contribution < 1.29 is 79.4 Å². The first kappa shape index (κ1) is 39.1. The Bertz CT molecular complexity index is 1290. The van der Waals surface area contributed by atoms with Gasteiger partial charge in [0.25, 0.3) is 0 Å². The van der Waals surface area contributed by atoms with Crippen LogP contribution in [0, 0.1) is 0 Å². The van der Waals surface area contributed by atoms with E-state index in [0.717, 1.165) is 62.7 Å². The van der Waals surface area contributed by atoms with Crippen molar-refractivity contribution in [3.8, 4) is 17.1 Å². The molecule has 0 amide bonds. The highest BCUT2D eigenvalue weighted by Gasteiger charge is 2.95. The Hall–Kier alpha value is -3.09. The van der Waals surface area contributed by atoms with Crippen molar-refractivity contribution in [2.75, 3.05) is 0 Å². The van der Waals surface area contributed by atoms with Crippen molar-refractivity contribution in [3.63, 3.8) is 0 Å². The number of halogens is 17. The molecule has 20 heteroatoms. The summed E-state index contributed by atoms with van der Waals surface area (Å²) in [5, 5.41) is 0. The van der Waals surface area contributed by atoms with Crippen LogP contribution in [0.5, 0.6) is 5.75 Å². The molecule has 262 valence electrons. The van der Waals surface area contributed by atoms with E-state index in [-0.39, 0.29) is 0 Å². The number of hydrogen-bond acceptors (Lipinski definition) is 3. The minimum Gasteiger partial charge on any atom is -0.427 e. The molecule has 2 rings (SSSR count). The van der Waals surface area contributed by atoms with Gasteiger partial charge in [-0.3, -0.25) is 0 Å². The standard InChI is InChI=1S/C26H23F17N2O/c1-2-3-4-5-6-7-10-15-13-44-18(45-14-15)16-11-8-9-12-17(16)46-26(42,43)24(37,38)22(33,34)20(29,30)19(27,28)21(31,32)23(35,36)25(39,40)41/h8-9,11-14H,2-7,10H2,1H3. The van der Waals surface area contributed by atoms with Gasteiger partial charge >= 0.3 is 47.8 Å². The SMILES string of the molecule is CCCCCCCCc1cnc(-c2ccccc2OC(F)(F)C(F)(F)C(F)(F)C(F)(F)C(F)(F)C(F)(F)C(F)(F)C(F)(F)F)nc1. The third kappa shape index (κ3) is 6.80. The van der Waals surface area contributed by atoms with Crippen molar-refractivity contribution >= 4 is 0 Å². The summed E-state index contributed by atoms with van der Waals surface area (Å²) in [6.07, 6.45) is -6.61. The maximum Gasteiger partial charge on any atom is 0.471 e. The Labute approximate surface area is 249 Å². The fraction of sp³-hybridized carbons (Fsp3) is 0.615. The normalized spacial score (nSPS) is 14.5. The number of nitrogens with zero attached hydrogens (tertiary/aromatic N) is 2. The van der Waals surface area contributed by atoms with Crippen LogP contribution in [0.15, 0.2) is 36.7 Å². The van der Waals surface area contributed by atoms with Crippen LogP contribution in [-0.4, -0.2) is 57.8 Å². The molecule has 0 saturated heterocycles. The maximum absolute atomic E-state index is 14.4. The maximum atomic E-state index is 14.4. The summed E-state index contributed by atoms with van der Waals surface area (Å²) in [6, 6.07) is 2.86. The molecule has 1 aromatic carbocycles. The highest BCUT2D eigenvalue weighted by Crippen LogP contribution is 2.64. The van der Waals surface area contributed by atoms with Crippen molar-refractivity contribution in [2.45, 2.75) is 99.7 Å². The summed E-state index contributed by atoms with van der Waals surface area (Å²) < 4.78 is 234. The lowest BCUT2D eigenvalue weighted by atomic mass is 9.90. The van der Waals surface area contributed by atoms with Gasteiger partial charge in [0.1, 0.15) is 5.75 Å². The van der Waals surface area contributed by atoms with Gasteiger partial charge in [-0.15, -0.1) is 0 Å². The van der Waals surface area contributed by atoms with E-state index in [2.05, 4.69) is 14.7 Å². The number of unbranched alkanes of at least 4 members (excludes halogenated alkanes) is 5. The molecule has 0 bridgehead atoms. The van der Waals surface area contributed by atoms with E-state index in [1.807, 2.05) is 6.92 Å². The van der Waals surface area contributed by atoms with Crippen LogP contribution >= 0.6 is 0 Å². The number of hydrogen-bond donors (Lipinski definition) is 0. The van der Waals surface area contributed by atoms with Crippen molar-refractivity contribution in [2.24, 2.45) is 0 Å². The van der Waals surface area contributed by atoms with Crippen LogP contribution in [0.2, 0.25) is 0 Å². The van der Waals surface area contributed by atoms with Gasteiger partial charge in [0.2, 0.25) is 0 Å². The van der Waals surface area contributed by atoms with Crippen molar-refractivity contribution in [3.05, 3.63) is 42.2 Å². The molecule has 0 aliphatic heterocycles. The van der Waals surface area contributed by atoms with Gasteiger partial charge in [0.15, 0.2) is 5.82 Å². The first-order valence-corrected chi connectivity index (χ1v) is 13.0. The molecule has 0 radical (unpaired) electrons. The first-order chi connectivity index (χ1) is 20.7. The van der Waals surface area contributed by atoms with Gasteiger partial charge in [-0.2, -0.15) is 74.6 Å². The van der Waals surface area contributed by atoms with Crippen LogP contribution in [0.4, 0.5) is 74.6 Å². The average Bonchev–Trinajstić information content (AvgIpc) is 2.94. The summed E-state index contributed by atoms with van der Waals surface area (Å²) in [4.78, 5) is 7.57. The Kier molecular flexibility index (Phi) is 11.2. The smallest absolute Gasteiger partial charge is 0.427 e. The fourth-order valence-corrected chi connectivity index (χ4v) is 3.82. The lowest BCUT2D eigenvalue weighted by Crippen LogP contribution is -2.74. The van der Waals surface area contributed by atoms with E-state index in [0.29, 0.717) is 24.5 Å². The topological polar surface area (TPSA) is 35.0 Å². The number of rotatable bonds is 16. The number of alkyl halides is 17. The summed E-state index contributed by atoms with van der Waals surface area (Å²) >= 11 is 0. The van der Waals surface area contributed by atoms with Crippen LogP contribution in [-0.2, 0) is 6.42 Å². The molecule has 1 aromatic heterocycles. The number of para-hydroxylation sites is 1. The number of ether oxygens (including phenoxy) is 1. The van der Waals surface area contributed by atoms with E-state index in [1.54, 1.807) is 0 Å². The molecule has 0 aliphatic rings. The van der Waals surface area contributed by atoms with E-state index in [9.17, 15) is 74.6 Å². The molecular weight excluding hydrogens is 679 g/mol. The van der Waals surface area contributed by atoms with E-state index < -0.39 is 65.0 Å². The number of aromatic nitrogens is 2. The zero-order valence-corrected chi connectivity index (χ0v) is 23.1.